The monoisotopic (exact) mass is 1320 g/mol. The SMILES string of the molecule is CCC(C)C(=O)NCCC(F)(F)C(F)(F)C(F)(F)C(F)(F)C(F)(F)C(F)(F)F.CCC(C)C(=O)OCCC(F)(F)C(F)(F)C(F)(F)C(F)(F)C(F)(F)C(F)(F)F.CCC(C)C(=O)OCCOCCOCCOCCOCCOCCOCCOC. The highest BCUT2D eigenvalue weighted by Gasteiger charge is 2.92. The number of halogens is 26. The standard InChI is InChI=1S/C20H40O9.C13H14F13NO.C13H13F13O2/c1-4-19(2)20(21)29-18-17-28-16-15-27-14-13-26-12-11-25-10-9-24-8-7-23-6-5-22-3;1-3-6(2)7(28)27-5-4-8(14,15)9(16,17)10(18,19)11(20,21)12(22,23)13(24,25)26;1-3-6(2)7(27)28-5-4-8(14,15)9(16,17)10(18,19)11(20,21)12(22,23)13(24,25)26/h19H,4-18H2,1-3H3;6H,3-5H2,1-2H3,(H,27,28);6H,3-5H2,1-2H3. The van der Waals surface area contributed by atoms with E-state index in [2.05, 4.69) is 4.74 Å². The summed E-state index contributed by atoms with van der Waals surface area (Å²) in [5.41, 5.74) is 0. The van der Waals surface area contributed by atoms with E-state index in [0.717, 1.165) is 6.42 Å². The lowest BCUT2D eigenvalue weighted by atomic mass is 9.92. The minimum atomic E-state index is -7.93. The van der Waals surface area contributed by atoms with Crippen molar-refractivity contribution in [2.75, 3.05) is 113 Å². The van der Waals surface area contributed by atoms with Crippen LogP contribution in [0, 0.1) is 17.8 Å². The van der Waals surface area contributed by atoms with Gasteiger partial charge in [0, 0.05) is 26.0 Å². The molecule has 0 aromatic rings. The number of hydrogen-bond acceptors (Lipinski definition) is 12. The Kier molecular flexibility index (Phi) is 36.9. The van der Waals surface area contributed by atoms with Crippen molar-refractivity contribution in [3.63, 3.8) is 0 Å². The second-order valence-electron chi connectivity index (χ2n) is 17.7. The lowest BCUT2D eigenvalue weighted by molar-refractivity contribution is -0.440. The van der Waals surface area contributed by atoms with E-state index in [0.29, 0.717) is 85.9 Å². The summed E-state index contributed by atoms with van der Waals surface area (Å²) in [6.45, 7) is 12.9. The molecule has 0 aliphatic heterocycles. The second-order valence-corrected chi connectivity index (χ2v) is 17.7. The summed E-state index contributed by atoms with van der Waals surface area (Å²) in [5, 5.41) is 1.59. The van der Waals surface area contributed by atoms with Crippen LogP contribution in [0.4, 0.5) is 114 Å². The van der Waals surface area contributed by atoms with E-state index < -0.39 is 121 Å². The van der Waals surface area contributed by atoms with Gasteiger partial charge in [-0.2, -0.15) is 114 Å². The summed E-state index contributed by atoms with van der Waals surface area (Å²) in [7, 11) is 1.64. The molecule has 0 bridgehead atoms. The quantitative estimate of drug-likeness (QED) is 0.0353. The topological polar surface area (TPSA) is 146 Å². The molecule has 0 rings (SSSR count). The van der Waals surface area contributed by atoms with E-state index in [1.165, 1.54) is 27.7 Å². The molecule has 510 valence electrons. The molecule has 0 spiro atoms. The fourth-order valence-corrected chi connectivity index (χ4v) is 5.06. The lowest BCUT2D eigenvalue weighted by Gasteiger charge is -2.39. The molecule has 13 nitrogen and oxygen atoms in total. The van der Waals surface area contributed by atoms with E-state index in [9.17, 15) is 129 Å². The number of nitrogens with one attached hydrogen (secondary N) is 1. The van der Waals surface area contributed by atoms with Gasteiger partial charge in [0.05, 0.1) is 111 Å². The van der Waals surface area contributed by atoms with E-state index in [1.807, 2.05) is 13.8 Å². The third-order valence-corrected chi connectivity index (χ3v) is 11.2. The van der Waals surface area contributed by atoms with E-state index in [1.54, 1.807) is 12.4 Å². The molecular formula is C46H67F26NO12. The maximum absolute atomic E-state index is 13.4. The molecule has 39 heteroatoms. The predicted octanol–water partition coefficient (Wildman–Crippen LogP) is 12.3. The van der Waals surface area contributed by atoms with Gasteiger partial charge in [0.15, 0.2) is 0 Å². The molecule has 1 N–H and O–H groups in total. The average Bonchev–Trinajstić information content (AvgIpc) is 0.846. The van der Waals surface area contributed by atoms with Gasteiger partial charge in [-0.1, -0.05) is 41.5 Å². The minimum absolute atomic E-state index is 0.0616. The van der Waals surface area contributed by atoms with Crippen molar-refractivity contribution < 1.29 is 171 Å². The van der Waals surface area contributed by atoms with Gasteiger partial charge in [0.25, 0.3) is 0 Å². The molecule has 0 fully saturated rings. The Hall–Kier alpha value is -3.69. The van der Waals surface area contributed by atoms with Gasteiger partial charge in [-0.25, -0.2) is 0 Å². The molecule has 0 saturated heterocycles. The summed E-state index contributed by atoms with van der Waals surface area (Å²) >= 11 is 0. The summed E-state index contributed by atoms with van der Waals surface area (Å²) in [6.07, 6.45) is -18.9. The van der Waals surface area contributed by atoms with E-state index in [4.69, 9.17) is 37.9 Å². The number of methoxy groups -OCH3 is 1. The van der Waals surface area contributed by atoms with Crippen LogP contribution in [0.5, 0.6) is 0 Å². The molecule has 3 unspecified atom stereocenters. The van der Waals surface area contributed by atoms with E-state index >= 15 is 0 Å². The molecule has 0 aromatic heterocycles. The van der Waals surface area contributed by atoms with Crippen LogP contribution >= 0.6 is 0 Å². The molecule has 0 saturated carbocycles. The van der Waals surface area contributed by atoms with Gasteiger partial charge in [0.1, 0.15) is 6.61 Å². The first-order valence-corrected chi connectivity index (χ1v) is 24.9. The van der Waals surface area contributed by atoms with Crippen LogP contribution < -0.4 is 5.32 Å². The molecule has 0 aliphatic rings. The van der Waals surface area contributed by atoms with E-state index in [-0.39, 0.29) is 31.3 Å². The van der Waals surface area contributed by atoms with Crippen molar-refractivity contribution in [2.45, 2.75) is 145 Å². The maximum atomic E-state index is 13.4. The lowest BCUT2D eigenvalue weighted by Crippen LogP contribution is -2.70. The normalized spacial score (nSPS) is 14.8. The first-order valence-electron chi connectivity index (χ1n) is 24.9. The highest BCUT2D eigenvalue weighted by molar-refractivity contribution is 5.78. The average molecular weight is 1320 g/mol. The summed E-state index contributed by atoms with van der Waals surface area (Å²) in [5.74, 6) is -78.3. The Bertz CT molecular complexity index is 1780. The zero-order chi connectivity index (χ0) is 67.4. The molecule has 0 heterocycles. The van der Waals surface area contributed by atoms with Gasteiger partial charge in [-0.15, -0.1) is 0 Å². The van der Waals surface area contributed by atoms with Crippen LogP contribution in [-0.4, -0.2) is 202 Å². The Labute approximate surface area is 470 Å². The largest absolute Gasteiger partial charge is 0.465 e. The van der Waals surface area contributed by atoms with Crippen molar-refractivity contribution in [1.82, 2.24) is 5.32 Å². The first-order chi connectivity index (χ1) is 38.4. The third kappa shape index (κ3) is 24.7. The highest BCUT2D eigenvalue weighted by Crippen LogP contribution is 2.62. The van der Waals surface area contributed by atoms with Crippen molar-refractivity contribution in [1.29, 1.82) is 0 Å². The number of amides is 1. The summed E-state index contributed by atoms with van der Waals surface area (Å²) in [6, 6.07) is 0. The van der Waals surface area contributed by atoms with Crippen molar-refractivity contribution >= 4 is 17.8 Å². The van der Waals surface area contributed by atoms with Crippen LogP contribution in [0.25, 0.3) is 0 Å². The number of carbonyl (C=O) groups is 3. The number of ether oxygens (including phenoxy) is 9. The molecule has 0 radical (unpaired) electrons. The molecule has 1 amide bonds. The molecule has 0 aromatic carbocycles. The number of hydrogen-bond donors (Lipinski definition) is 1. The van der Waals surface area contributed by atoms with Crippen LogP contribution in [0.2, 0.25) is 0 Å². The third-order valence-electron chi connectivity index (χ3n) is 11.2. The van der Waals surface area contributed by atoms with Crippen LogP contribution in [0.15, 0.2) is 0 Å². The van der Waals surface area contributed by atoms with Crippen molar-refractivity contribution in [3.05, 3.63) is 0 Å². The zero-order valence-electron chi connectivity index (χ0n) is 46.3. The van der Waals surface area contributed by atoms with Gasteiger partial charge >= 0.3 is 83.5 Å². The van der Waals surface area contributed by atoms with Crippen molar-refractivity contribution in [2.24, 2.45) is 17.8 Å². The Morgan fingerprint density at radius 2 is 0.576 bits per heavy atom. The summed E-state index contributed by atoms with van der Waals surface area (Å²) in [4.78, 5) is 33.9. The highest BCUT2D eigenvalue weighted by atomic mass is 19.4. The van der Waals surface area contributed by atoms with Crippen LogP contribution in [0.1, 0.15) is 73.6 Å². The molecule has 3 atom stereocenters. The van der Waals surface area contributed by atoms with Crippen LogP contribution in [0.3, 0.4) is 0 Å². The predicted molar refractivity (Wildman–Crippen MR) is 241 cm³/mol. The van der Waals surface area contributed by atoms with Gasteiger partial charge < -0.3 is 47.9 Å². The number of esters is 2. The second kappa shape index (κ2) is 36.7. The molecular weight excluding hydrogens is 1250 g/mol. The Balaban J connectivity index is -0.00000119. The maximum Gasteiger partial charge on any atom is 0.460 e. The van der Waals surface area contributed by atoms with Crippen LogP contribution in [-0.2, 0) is 57.0 Å². The van der Waals surface area contributed by atoms with Gasteiger partial charge in [-0.05, 0) is 19.3 Å². The molecule has 0 aliphatic carbocycles. The Morgan fingerprint density at radius 3 is 0.847 bits per heavy atom. The van der Waals surface area contributed by atoms with Gasteiger partial charge in [0.2, 0.25) is 5.91 Å². The Morgan fingerprint density at radius 1 is 0.329 bits per heavy atom. The smallest absolute Gasteiger partial charge is 0.460 e. The van der Waals surface area contributed by atoms with Gasteiger partial charge in [-0.3, -0.25) is 14.4 Å². The van der Waals surface area contributed by atoms with Crippen molar-refractivity contribution in [3.8, 4) is 0 Å². The fourth-order valence-electron chi connectivity index (χ4n) is 5.06. The molecule has 85 heavy (non-hydrogen) atoms. The number of rotatable bonds is 41. The zero-order valence-corrected chi connectivity index (χ0v) is 46.3. The summed E-state index contributed by atoms with van der Waals surface area (Å²) < 4.78 is 380. The minimum Gasteiger partial charge on any atom is -0.465 e. The fraction of sp³-hybridized carbons (Fsp3) is 0.935. The number of carbonyl (C=O) groups excluding carboxylic acids is 3. The number of alkyl halides is 26. The first kappa shape index (κ1) is 85.5.